The van der Waals surface area contributed by atoms with Crippen LogP contribution >= 0.6 is 0 Å². The smallest absolute Gasteiger partial charge is 0.410 e. The SMILES string of the molecule is CCN(CCC1CCc2cc(N)ccc2N1)C(=O)OC(C)(C)C. The third kappa shape index (κ3) is 5.05. The van der Waals surface area contributed by atoms with E-state index in [4.69, 9.17) is 10.5 Å². The molecule has 0 aliphatic carbocycles. The van der Waals surface area contributed by atoms with Crippen LogP contribution < -0.4 is 11.1 Å². The first kappa shape index (κ1) is 17.4. The first-order chi connectivity index (χ1) is 10.8. The van der Waals surface area contributed by atoms with E-state index in [1.54, 1.807) is 4.90 Å². The molecule has 5 nitrogen and oxygen atoms in total. The number of anilines is 2. The Bertz CT molecular complexity index is 552. The van der Waals surface area contributed by atoms with Crippen molar-refractivity contribution < 1.29 is 9.53 Å². The van der Waals surface area contributed by atoms with Crippen molar-refractivity contribution in [1.82, 2.24) is 4.90 Å². The number of nitrogen functional groups attached to an aromatic ring is 1. The molecule has 1 amide bonds. The van der Waals surface area contributed by atoms with Gasteiger partial charge in [-0.2, -0.15) is 0 Å². The summed E-state index contributed by atoms with van der Waals surface area (Å²) in [6, 6.07) is 6.38. The highest BCUT2D eigenvalue weighted by Gasteiger charge is 2.23. The number of amides is 1. The minimum absolute atomic E-state index is 0.232. The second kappa shape index (κ2) is 7.11. The monoisotopic (exact) mass is 319 g/mol. The van der Waals surface area contributed by atoms with Gasteiger partial charge in [-0.1, -0.05) is 0 Å². The van der Waals surface area contributed by atoms with Gasteiger partial charge in [-0.15, -0.1) is 0 Å². The molecule has 0 saturated heterocycles. The number of nitrogens with zero attached hydrogens (tertiary/aromatic N) is 1. The largest absolute Gasteiger partial charge is 0.444 e. The van der Waals surface area contributed by atoms with E-state index >= 15 is 0 Å². The molecule has 0 saturated carbocycles. The van der Waals surface area contributed by atoms with Gasteiger partial charge in [0.1, 0.15) is 5.60 Å². The van der Waals surface area contributed by atoms with Crippen molar-refractivity contribution in [3.63, 3.8) is 0 Å². The van der Waals surface area contributed by atoms with Crippen LogP contribution in [0.5, 0.6) is 0 Å². The number of benzene rings is 1. The van der Waals surface area contributed by atoms with E-state index in [-0.39, 0.29) is 6.09 Å². The average Bonchev–Trinajstić information content (AvgIpc) is 2.46. The quantitative estimate of drug-likeness (QED) is 0.831. The average molecular weight is 319 g/mol. The Hall–Kier alpha value is -1.91. The number of nitrogens with two attached hydrogens (primary N) is 1. The summed E-state index contributed by atoms with van der Waals surface area (Å²) in [7, 11) is 0. The van der Waals surface area contributed by atoms with E-state index in [0.29, 0.717) is 19.1 Å². The molecule has 1 aromatic carbocycles. The molecule has 0 radical (unpaired) electrons. The lowest BCUT2D eigenvalue weighted by Crippen LogP contribution is -2.39. The normalized spacial score (nSPS) is 17.1. The number of ether oxygens (including phenoxy) is 1. The molecule has 1 unspecified atom stereocenters. The lowest BCUT2D eigenvalue weighted by molar-refractivity contribution is 0.0256. The molecule has 0 bridgehead atoms. The van der Waals surface area contributed by atoms with Crippen LogP contribution in [-0.4, -0.2) is 35.7 Å². The van der Waals surface area contributed by atoms with Crippen molar-refractivity contribution in [1.29, 1.82) is 0 Å². The Labute approximate surface area is 139 Å². The fourth-order valence-corrected chi connectivity index (χ4v) is 2.82. The second-order valence-electron chi connectivity index (χ2n) is 7.15. The molecular weight excluding hydrogens is 290 g/mol. The van der Waals surface area contributed by atoms with Crippen LogP contribution in [0.2, 0.25) is 0 Å². The van der Waals surface area contributed by atoms with Gasteiger partial charge in [-0.05, 0) is 70.7 Å². The van der Waals surface area contributed by atoms with Gasteiger partial charge >= 0.3 is 6.09 Å². The number of fused-ring (bicyclic) bond motifs is 1. The molecule has 3 N–H and O–H groups in total. The summed E-state index contributed by atoms with van der Waals surface area (Å²) >= 11 is 0. The zero-order valence-corrected chi connectivity index (χ0v) is 14.7. The molecular formula is C18H29N3O2. The Morgan fingerprint density at radius 2 is 2.17 bits per heavy atom. The van der Waals surface area contributed by atoms with Crippen LogP contribution in [0.3, 0.4) is 0 Å². The van der Waals surface area contributed by atoms with E-state index in [1.807, 2.05) is 45.9 Å². The molecule has 0 spiro atoms. The lowest BCUT2D eigenvalue weighted by Gasteiger charge is -2.30. The number of rotatable bonds is 4. The molecule has 1 heterocycles. The van der Waals surface area contributed by atoms with E-state index in [9.17, 15) is 4.79 Å². The third-order valence-corrected chi connectivity index (χ3v) is 4.03. The number of hydrogen-bond acceptors (Lipinski definition) is 4. The summed E-state index contributed by atoms with van der Waals surface area (Å²) in [5.41, 5.74) is 8.63. The van der Waals surface area contributed by atoms with Crippen molar-refractivity contribution in [2.24, 2.45) is 0 Å². The van der Waals surface area contributed by atoms with Gasteiger partial charge in [0.2, 0.25) is 0 Å². The molecule has 1 aliphatic rings. The highest BCUT2D eigenvalue weighted by atomic mass is 16.6. The number of aryl methyl sites for hydroxylation is 1. The van der Waals surface area contributed by atoms with Crippen LogP contribution in [0, 0.1) is 0 Å². The number of carbonyl (C=O) groups excluding carboxylic acids is 1. The third-order valence-electron chi connectivity index (χ3n) is 4.03. The molecule has 128 valence electrons. The van der Waals surface area contributed by atoms with Gasteiger partial charge in [0.05, 0.1) is 0 Å². The Kier molecular flexibility index (Phi) is 5.39. The van der Waals surface area contributed by atoms with Crippen LogP contribution in [0.1, 0.15) is 46.1 Å². The van der Waals surface area contributed by atoms with Crippen molar-refractivity contribution in [2.75, 3.05) is 24.1 Å². The fraction of sp³-hybridized carbons (Fsp3) is 0.611. The Morgan fingerprint density at radius 3 is 2.83 bits per heavy atom. The van der Waals surface area contributed by atoms with Crippen LogP contribution in [0.15, 0.2) is 18.2 Å². The first-order valence-corrected chi connectivity index (χ1v) is 8.41. The van der Waals surface area contributed by atoms with Crippen molar-refractivity contribution in [3.8, 4) is 0 Å². The zero-order chi connectivity index (χ0) is 17.0. The summed E-state index contributed by atoms with van der Waals surface area (Å²) in [5, 5.41) is 3.56. The van der Waals surface area contributed by atoms with Gasteiger partial charge in [-0.3, -0.25) is 0 Å². The van der Waals surface area contributed by atoms with Crippen LogP contribution in [0.25, 0.3) is 0 Å². The van der Waals surface area contributed by atoms with Crippen molar-refractivity contribution >= 4 is 17.5 Å². The number of carbonyl (C=O) groups is 1. The van der Waals surface area contributed by atoms with E-state index < -0.39 is 5.60 Å². The lowest BCUT2D eigenvalue weighted by atomic mass is 9.96. The highest BCUT2D eigenvalue weighted by molar-refractivity contribution is 5.68. The number of hydrogen-bond donors (Lipinski definition) is 2. The van der Waals surface area contributed by atoms with E-state index in [0.717, 1.165) is 30.6 Å². The molecule has 1 aliphatic heterocycles. The van der Waals surface area contributed by atoms with E-state index in [2.05, 4.69) is 5.32 Å². The summed E-state index contributed by atoms with van der Waals surface area (Å²) < 4.78 is 5.45. The van der Waals surface area contributed by atoms with Gasteiger partial charge in [-0.25, -0.2) is 4.79 Å². The van der Waals surface area contributed by atoms with Gasteiger partial charge in [0.25, 0.3) is 0 Å². The predicted molar refractivity (Wildman–Crippen MR) is 94.7 cm³/mol. The fourth-order valence-electron chi connectivity index (χ4n) is 2.82. The van der Waals surface area contributed by atoms with Gasteiger partial charge < -0.3 is 20.7 Å². The van der Waals surface area contributed by atoms with Crippen molar-refractivity contribution in [2.45, 2.75) is 58.6 Å². The zero-order valence-electron chi connectivity index (χ0n) is 14.7. The summed E-state index contributed by atoms with van der Waals surface area (Å²) in [6.45, 7) is 9.02. The minimum Gasteiger partial charge on any atom is -0.444 e. The summed E-state index contributed by atoms with van der Waals surface area (Å²) in [5.74, 6) is 0. The number of nitrogens with one attached hydrogen (secondary N) is 1. The van der Waals surface area contributed by atoms with Crippen LogP contribution in [-0.2, 0) is 11.2 Å². The van der Waals surface area contributed by atoms with Gasteiger partial charge in [0, 0.05) is 30.5 Å². The maximum absolute atomic E-state index is 12.2. The maximum atomic E-state index is 12.2. The molecule has 0 aromatic heterocycles. The first-order valence-electron chi connectivity index (χ1n) is 8.41. The molecule has 5 heteroatoms. The topological polar surface area (TPSA) is 67.6 Å². The molecule has 0 fully saturated rings. The predicted octanol–water partition coefficient (Wildman–Crippen LogP) is 3.64. The standard InChI is InChI=1S/C18H29N3O2/c1-5-21(17(22)23-18(2,3)4)11-10-15-8-6-13-12-14(19)7-9-16(13)20-15/h7,9,12,15,20H,5-6,8,10-11,19H2,1-4H3. The highest BCUT2D eigenvalue weighted by Crippen LogP contribution is 2.27. The van der Waals surface area contributed by atoms with Crippen LogP contribution in [0.4, 0.5) is 16.2 Å². The molecule has 23 heavy (non-hydrogen) atoms. The maximum Gasteiger partial charge on any atom is 0.410 e. The summed E-state index contributed by atoms with van der Waals surface area (Å²) in [4.78, 5) is 13.9. The molecule has 1 atom stereocenters. The van der Waals surface area contributed by atoms with Gasteiger partial charge in [0.15, 0.2) is 0 Å². The van der Waals surface area contributed by atoms with E-state index in [1.165, 1.54) is 5.56 Å². The Morgan fingerprint density at radius 1 is 1.43 bits per heavy atom. The van der Waals surface area contributed by atoms with Crippen molar-refractivity contribution in [3.05, 3.63) is 23.8 Å². The second-order valence-corrected chi connectivity index (χ2v) is 7.15. The summed E-state index contributed by atoms with van der Waals surface area (Å²) in [6.07, 6.45) is 2.76. The Balaban J connectivity index is 1.88. The molecule has 2 rings (SSSR count). The minimum atomic E-state index is -0.452. The molecule has 1 aromatic rings.